The number of tetrazole rings is 1. The van der Waals surface area contributed by atoms with Crippen molar-refractivity contribution in [1.29, 1.82) is 0 Å². The van der Waals surface area contributed by atoms with Gasteiger partial charge in [-0.3, -0.25) is 9.48 Å². The summed E-state index contributed by atoms with van der Waals surface area (Å²) >= 11 is 1.43. The van der Waals surface area contributed by atoms with Gasteiger partial charge in [-0.15, -0.1) is 5.10 Å². The molecular formula is C18H18N8OS. The molecule has 0 amide bonds. The van der Waals surface area contributed by atoms with Crippen LogP contribution in [0.25, 0.3) is 11.4 Å². The molecule has 0 fully saturated rings. The minimum atomic E-state index is -0.181. The Balaban J connectivity index is 1.70. The van der Waals surface area contributed by atoms with Crippen molar-refractivity contribution in [2.45, 2.75) is 24.8 Å². The molecule has 1 aromatic carbocycles. The van der Waals surface area contributed by atoms with E-state index < -0.39 is 0 Å². The first-order chi connectivity index (χ1) is 13.6. The molecule has 0 spiro atoms. The minimum absolute atomic E-state index is 0.181. The quantitative estimate of drug-likeness (QED) is 0.477. The SMILES string of the molecule is Cc1ncc(CSc2nnnn2-c2c(C)n(C)n(-c3ccccc3)c2=O)cn1. The predicted molar refractivity (Wildman–Crippen MR) is 105 cm³/mol. The molecule has 0 saturated carbocycles. The van der Waals surface area contributed by atoms with Gasteiger partial charge in [-0.2, -0.15) is 4.68 Å². The van der Waals surface area contributed by atoms with Gasteiger partial charge >= 0.3 is 0 Å². The Morgan fingerprint density at radius 3 is 2.50 bits per heavy atom. The molecule has 3 heterocycles. The largest absolute Gasteiger partial charge is 0.297 e. The van der Waals surface area contributed by atoms with E-state index in [0.29, 0.717) is 16.6 Å². The van der Waals surface area contributed by atoms with Crippen molar-refractivity contribution >= 4 is 11.8 Å². The molecular weight excluding hydrogens is 376 g/mol. The van der Waals surface area contributed by atoms with Crippen LogP contribution < -0.4 is 5.56 Å². The van der Waals surface area contributed by atoms with Gasteiger partial charge in [0.05, 0.1) is 11.4 Å². The number of para-hydroxylation sites is 1. The molecule has 28 heavy (non-hydrogen) atoms. The van der Waals surface area contributed by atoms with E-state index in [1.54, 1.807) is 21.8 Å². The Hall–Kier alpha value is -3.27. The molecule has 0 radical (unpaired) electrons. The van der Waals surface area contributed by atoms with E-state index in [2.05, 4.69) is 25.5 Å². The lowest BCUT2D eigenvalue weighted by atomic mass is 10.3. The maximum atomic E-state index is 13.2. The number of hydrogen-bond donors (Lipinski definition) is 0. The van der Waals surface area contributed by atoms with Gasteiger partial charge in [-0.05, 0) is 42.0 Å². The number of thioether (sulfide) groups is 1. The van der Waals surface area contributed by atoms with Crippen molar-refractivity contribution in [2.75, 3.05) is 0 Å². The summed E-state index contributed by atoms with van der Waals surface area (Å²) in [5, 5.41) is 12.5. The minimum Gasteiger partial charge on any atom is -0.283 e. The first-order valence-electron chi connectivity index (χ1n) is 8.59. The third kappa shape index (κ3) is 3.22. The van der Waals surface area contributed by atoms with E-state index in [1.165, 1.54) is 16.4 Å². The zero-order chi connectivity index (χ0) is 19.7. The van der Waals surface area contributed by atoms with Gasteiger partial charge in [0.25, 0.3) is 5.56 Å². The highest BCUT2D eigenvalue weighted by Gasteiger charge is 2.21. The number of benzene rings is 1. The van der Waals surface area contributed by atoms with E-state index in [0.717, 1.165) is 22.8 Å². The topological polar surface area (TPSA) is 96.3 Å². The second-order valence-corrected chi connectivity index (χ2v) is 7.15. The summed E-state index contributed by atoms with van der Waals surface area (Å²) in [6, 6.07) is 9.47. The Morgan fingerprint density at radius 1 is 1.07 bits per heavy atom. The smallest absolute Gasteiger partial charge is 0.283 e. The number of aromatic nitrogens is 8. The second kappa shape index (κ2) is 7.39. The summed E-state index contributed by atoms with van der Waals surface area (Å²) in [4.78, 5) is 21.6. The average molecular weight is 394 g/mol. The van der Waals surface area contributed by atoms with E-state index in [-0.39, 0.29) is 5.56 Å². The molecule has 0 N–H and O–H groups in total. The Bertz CT molecular complexity index is 1160. The molecule has 0 atom stereocenters. The van der Waals surface area contributed by atoms with Crippen LogP contribution >= 0.6 is 11.8 Å². The highest BCUT2D eigenvalue weighted by Crippen LogP contribution is 2.22. The lowest BCUT2D eigenvalue weighted by Gasteiger charge is -2.07. The lowest BCUT2D eigenvalue weighted by Crippen LogP contribution is -2.22. The lowest BCUT2D eigenvalue weighted by molar-refractivity contribution is 0.630. The number of hydrogen-bond acceptors (Lipinski definition) is 7. The van der Waals surface area contributed by atoms with E-state index in [1.807, 2.05) is 51.2 Å². The highest BCUT2D eigenvalue weighted by atomic mass is 32.2. The van der Waals surface area contributed by atoms with Crippen molar-refractivity contribution < 1.29 is 0 Å². The number of rotatable bonds is 5. The van der Waals surface area contributed by atoms with Crippen LogP contribution in [0.3, 0.4) is 0 Å². The first kappa shape index (κ1) is 18.1. The maximum absolute atomic E-state index is 13.2. The van der Waals surface area contributed by atoms with Gasteiger partial charge in [-0.1, -0.05) is 30.0 Å². The molecule has 10 heteroatoms. The molecule has 4 rings (SSSR count). The summed E-state index contributed by atoms with van der Waals surface area (Å²) in [7, 11) is 1.84. The van der Waals surface area contributed by atoms with Gasteiger partial charge in [0.1, 0.15) is 5.82 Å². The summed E-state index contributed by atoms with van der Waals surface area (Å²) < 4.78 is 4.91. The van der Waals surface area contributed by atoms with Gasteiger partial charge in [0, 0.05) is 25.2 Å². The molecule has 0 aliphatic carbocycles. The van der Waals surface area contributed by atoms with E-state index in [9.17, 15) is 4.79 Å². The summed E-state index contributed by atoms with van der Waals surface area (Å²) in [6.45, 7) is 3.72. The highest BCUT2D eigenvalue weighted by molar-refractivity contribution is 7.98. The molecule has 0 aliphatic heterocycles. The zero-order valence-electron chi connectivity index (χ0n) is 15.6. The van der Waals surface area contributed by atoms with Crippen molar-refractivity contribution in [3.63, 3.8) is 0 Å². The molecule has 142 valence electrons. The van der Waals surface area contributed by atoms with Crippen LogP contribution in [-0.4, -0.2) is 39.5 Å². The molecule has 9 nitrogen and oxygen atoms in total. The van der Waals surface area contributed by atoms with Gasteiger partial charge in [0.15, 0.2) is 5.69 Å². The molecule has 4 aromatic rings. The van der Waals surface area contributed by atoms with Crippen LogP contribution in [0.15, 0.2) is 52.7 Å². The van der Waals surface area contributed by atoms with Crippen LogP contribution in [0.5, 0.6) is 0 Å². The Labute approximate surface area is 165 Å². The van der Waals surface area contributed by atoms with Crippen LogP contribution in [0, 0.1) is 13.8 Å². The van der Waals surface area contributed by atoms with Crippen molar-refractivity contribution in [1.82, 2.24) is 39.5 Å². The van der Waals surface area contributed by atoms with Crippen LogP contribution in [0.1, 0.15) is 17.1 Å². The van der Waals surface area contributed by atoms with Crippen LogP contribution in [0.2, 0.25) is 0 Å². The monoisotopic (exact) mass is 394 g/mol. The third-order valence-corrected chi connectivity index (χ3v) is 5.37. The van der Waals surface area contributed by atoms with E-state index in [4.69, 9.17) is 0 Å². The fraction of sp³-hybridized carbons (Fsp3) is 0.222. The molecule has 3 aromatic heterocycles. The first-order valence-corrected chi connectivity index (χ1v) is 9.58. The van der Waals surface area contributed by atoms with Crippen LogP contribution in [0.4, 0.5) is 0 Å². The normalized spacial score (nSPS) is 11.1. The number of aryl methyl sites for hydroxylation is 1. The van der Waals surface area contributed by atoms with Crippen molar-refractivity contribution in [3.8, 4) is 11.4 Å². The third-order valence-electron chi connectivity index (χ3n) is 4.38. The Morgan fingerprint density at radius 2 is 1.79 bits per heavy atom. The summed E-state index contributed by atoms with van der Waals surface area (Å²) in [6.07, 6.45) is 3.55. The number of nitrogens with zero attached hydrogens (tertiary/aromatic N) is 8. The summed E-state index contributed by atoms with van der Waals surface area (Å²) in [5.74, 6) is 1.32. The van der Waals surface area contributed by atoms with Crippen molar-refractivity contribution in [2.24, 2.45) is 7.05 Å². The van der Waals surface area contributed by atoms with Crippen molar-refractivity contribution in [3.05, 3.63) is 70.2 Å². The fourth-order valence-corrected chi connectivity index (χ4v) is 3.64. The fourth-order valence-electron chi connectivity index (χ4n) is 2.85. The van der Waals surface area contributed by atoms with Gasteiger partial charge < -0.3 is 0 Å². The van der Waals surface area contributed by atoms with Gasteiger partial charge in [0.2, 0.25) is 5.16 Å². The van der Waals surface area contributed by atoms with Crippen LogP contribution in [-0.2, 0) is 12.8 Å². The molecule has 0 aliphatic rings. The maximum Gasteiger partial charge on any atom is 0.297 e. The molecule has 0 unspecified atom stereocenters. The molecule has 0 bridgehead atoms. The predicted octanol–water partition coefficient (Wildman–Crippen LogP) is 1.85. The average Bonchev–Trinajstić information content (AvgIpc) is 3.24. The summed E-state index contributed by atoms with van der Waals surface area (Å²) in [5.41, 5.74) is 2.75. The van der Waals surface area contributed by atoms with Gasteiger partial charge in [-0.25, -0.2) is 14.6 Å². The standard InChI is InChI=1S/C18H18N8OS/c1-12-16(17(27)26(24(12)3)15-7-5-4-6-8-15)25-18(21-22-23-25)28-11-14-9-19-13(2)20-10-14/h4-10H,11H2,1-3H3. The Kier molecular flexibility index (Phi) is 4.78. The zero-order valence-corrected chi connectivity index (χ0v) is 16.5. The van der Waals surface area contributed by atoms with E-state index >= 15 is 0 Å². The molecule has 0 saturated heterocycles. The second-order valence-electron chi connectivity index (χ2n) is 6.21.